The number of nitro groups is 1. The van der Waals surface area contributed by atoms with Crippen LogP contribution in [0.4, 0.5) is 5.69 Å². The highest BCUT2D eigenvalue weighted by Gasteiger charge is 2.25. The van der Waals surface area contributed by atoms with E-state index in [0.29, 0.717) is 6.61 Å². The molecule has 0 spiro atoms. The predicted molar refractivity (Wildman–Crippen MR) is 76.0 cm³/mol. The average Bonchev–Trinajstić information content (AvgIpc) is 2.41. The first-order valence-electron chi connectivity index (χ1n) is 6.33. The monoisotopic (exact) mass is 318 g/mol. The molecule has 0 radical (unpaired) electrons. The minimum absolute atomic E-state index is 0.00757. The normalized spacial score (nSPS) is 11.2. The number of primary sulfonamides is 1. The van der Waals surface area contributed by atoms with Gasteiger partial charge in [0.1, 0.15) is 4.90 Å². The van der Waals surface area contributed by atoms with Crippen molar-refractivity contribution in [3.05, 3.63) is 22.2 Å². The standard InChI is InChI=1S/C12H18N2O6S/c1-3-4-5-6-20-10-7-9(14(15)16)8-11(12(10)19-2)21(13,17)18/h7-8H,3-6H2,1-2H3,(H2,13,17,18). The highest BCUT2D eigenvalue weighted by Crippen LogP contribution is 2.37. The van der Waals surface area contributed by atoms with Gasteiger partial charge >= 0.3 is 0 Å². The Labute approximate surface area is 123 Å². The van der Waals surface area contributed by atoms with Gasteiger partial charge in [0.05, 0.1) is 24.7 Å². The third kappa shape index (κ3) is 4.57. The maximum atomic E-state index is 11.5. The van der Waals surface area contributed by atoms with Gasteiger partial charge in [0, 0.05) is 6.07 Å². The summed E-state index contributed by atoms with van der Waals surface area (Å²) in [6.07, 6.45) is 2.66. The number of hydrogen-bond acceptors (Lipinski definition) is 6. The molecule has 8 nitrogen and oxygen atoms in total. The molecule has 118 valence electrons. The summed E-state index contributed by atoms with van der Waals surface area (Å²) >= 11 is 0. The Kier molecular flexibility index (Phi) is 5.91. The zero-order valence-corrected chi connectivity index (χ0v) is 12.7. The van der Waals surface area contributed by atoms with E-state index in [0.717, 1.165) is 31.4 Å². The number of non-ortho nitro benzene ring substituents is 1. The number of ether oxygens (including phenoxy) is 2. The molecule has 0 heterocycles. The van der Waals surface area contributed by atoms with Gasteiger partial charge in [-0.2, -0.15) is 0 Å². The van der Waals surface area contributed by atoms with Crippen molar-refractivity contribution in [3.63, 3.8) is 0 Å². The summed E-state index contributed by atoms with van der Waals surface area (Å²) in [5, 5.41) is 15.9. The van der Waals surface area contributed by atoms with E-state index < -0.39 is 25.5 Å². The summed E-state index contributed by atoms with van der Waals surface area (Å²) in [7, 11) is -2.92. The summed E-state index contributed by atoms with van der Waals surface area (Å²) in [5.74, 6) is -0.133. The van der Waals surface area contributed by atoms with Crippen LogP contribution in [0, 0.1) is 10.1 Å². The minimum atomic E-state index is -4.17. The molecule has 0 saturated heterocycles. The molecule has 0 saturated carbocycles. The van der Waals surface area contributed by atoms with E-state index >= 15 is 0 Å². The number of nitro benzene ring substituents is 1. The van der Waals surface area contributed by atoms with Gasteiger partial charge in [-0.25, -0.2) is 13.6 Å². The van der Waals surface area contributed by atoms with E-state index in [9.17, 15) is 18.5 Å². The van der Waals surface area contributed by atoms with Gasteiger partial charge in [-0.3, -0.25) is 10.1 Å². The molecular formula is C12H18N2O6S. The smallest absolute Gasteiger partial charge is 0.274 e. The van der Waals surface area contributed by atoms with Gasteiger partial charge < -0.3 is 9.47 Å². The van der Waals surface area contributed by atoms with E-state index in [1.54, 1.807) is 0 Å². The molecule has 0 unspecified atom stereocenters. The molecule has 0 aliphatic heterocycles. The van der Waals surface area contributed by atoms with Crippen molar-refractivity contribution >= 4 is 15.7 Å². The topological polar surface area (TPSA) is 122 Å². The number of nitrogens with two attached hydrogens (primary N) is 1. The molecule has 1 aromatic rings. The Balaban J connectivity index is 3.26. The third-order valence-electron chi connectivity index (χ3n) is 2.73. The summed E-state index contributed by atoms with van der Waals surface area (Å²) in [6, 6.07) is 1.98. The molecule has 0 aromatic heterocycles. The lowest BCUT2D eigenvalue weighted by atomic mass is 10.2. The summed E-state index contributed by atoms with van der Waals surface area (Å²) in [4.78, 5) is 9.70. The summed E-state index contributed by atoms with van der Waals surface area (Å²) < 4.78 is 33.5. The predicted octanol–water partition coefficient (Wildman–Crippen LogP) is 1.82. The van der Waals surface area contributed by atoms with Crippen molar-refractivity contribution in [2.24, 2.45) is 5.14 Å². The van der Waals surface area contributed by atoms with Crippen LogP contribution >= 0.6 is 0 Å². The van der Waals surface area contributed by atoms with Crippen molar-refractivity contribution in [2.75, 3.05) is 13.7 Å². The lowest BCUT2D eigenvalue weighted by Crippen LogP contribution is -2.14. The van der Waals surface area contributed by atoms with Crippen molar-refractivity contribution < 1.29 is 22.8 Å². The summed E-state index contributed by atoms with van der Waals surface area (Å²) in [5.41, 5.74) is -0.426. The first kappa shape index (κ1) is 17.2. The fraction of sp³-hybridized carbons (Fsp3) is 0.500. The van der Waals surface area contributed by atoms with E-state index in [4.69, 9.17) is 14.6 Å². The van der Waals surface area contributed by atoms with Gasteiger partial charge in [0.2, 0.25) is 10.0 Å². The second-order valence-electron chi connectivity index (χ2n) is 4.33. The number of rotatable bonds is 8. The van der Waals surface area contributed by atoms with Gasteiger partial charge in [-0.15, -0.1) is 0 Å². The maximum absolute atomic E-state index is 11.5. The Morgan fingerprint density at radius 3 is 2.48 bits per heavy atom. The second-order valence-corrected chi connectivity index (χ2v) is 5.86. The molecular weight excluding hydrogens is 300 g/mol. The molecule has 0 bridgehead atoms. The SMILES string of the molecule is CCCCCOc1cc([N+](=O)[O-])cc(S(N)(=O)=O)c1OC. The number of hydrogen-bond donors (Lipinski definition) is 1. The zero-order valence-electron chi connectivity index (χ0n) is 11.9. The number of sulfonamides is 1. The van der Waals surface area contributed by atoms with Crippen LogP contribution in [0.2, 0.25) is 0 Å². The highest BCUT2D eigenvalue weighted by molar-refractivity contribution is 7.89. The number of nitrogens with zero attached hydrogens (tertiary/aromatic N) is 1. The first-order chi connectivity index (χ1) is 9.81. The van der Waals surface area contributed by atoms with Crippen molar-refractivity contribution in [1.82, 2.24) is 0 Å². The fourth-order valence-electron chi connectivity index (χ4n) is 1.72. The number of unbranched alkanes of at least 4 members (excludes halogenated alkanes) is 2. The minimum Gasteiger partial charge on any atom is -0.492 e. The van der Waals surface area contributed by atoms with E-state index in [1.807, 2.05) is 6.92 Å². The van der Waals surface area contributed by atoms with E-state index in [1.165, 1.54) is 7.11 Å². The highest BCUT2D eigenvalue weighted by atomic mass is 32.2. The summed E-state index contributed by atoms with van der Waals surface area (Å²) in [6.45, 7) is 2.32. The maximum Gasteiger partial charge on any atom is 0.274 e. The Bertz CT molecular complexity index is 614. The van der Waals surface area contributed by atoms with E-state index in [2.05, 4.69) is 0 Å². The van der Waals surface area contributed by atoms with Crippen LogP contribution in [-0.2, 0) is 10.0 Å². The van der Waals surface area contributed by atoms with Crippen LogP contribution in [0.1, 0.15) is 26.2 Å². The molecule has 1 aromatic carbocycles. The Morgan fingerprint density at radius 2 is 2.00 bits per heavy atom. The molecule has 2 N–H and O–H groups in total. The molecule has 0 amide bonds. The Hall–Kier alpha value is -1.87. The zero-order chi connectivity index (χ0) is 16.0. The van der Waals surface area contributed by atoms with Crippen molar-refractivity contribution in [3.8, 4) is 11.5 Å². The van der Waals surface area contributed by atoms with Crippen LogP contribution in [0.3, 0.4) is 0 Å². The lowest BCUT2D eigenvalue weighted by Gasteiger charge is -2.13. The third-order valence-corrected chi connectivity index (χ3v) is 3.65. The van der Waals surface area contributed by atoms with E-state index in [-0.39, 0.29) is 11.5 Å². The lowest BCUT2D eigenvalue weighted by molar-refractivity contribution is -0.385. The number of benzene rings is 1. The largest absolute Gasteiger partial charge is 0.492 e. The van der Waals surface area contributed by atoms with Gasteiger partial charge in [-0.1, -0.05) is 19.8 Å². The molecule has 1 rings (SSSR count). The molecule has 0 atom stereocenters. The van der Waals surface area contributed by atoms with Crippen LogP contribution in [0.15, 0.2) is 17.0 Å². The first-order valence-corrected chi connectivity index (χ1v) is 7.88. The second kappa shape index (κ2) is 7.23. The molecule has 21 heavy (non-hydrogen) atoms. The number of methoxy groups -OCH3 is 1. The van der Waals surface area contributed by atoms with Gasteiger partial charge in [0.15, 0.2) is 11.5 Å². The van der Waals surface area contributed by atoms with Gasteiger partial charge in [-0.05, 0) is 6.42 Å². The molecule has 0 fully saturated rings. The quantitative estimate of drug-likeness (QED) is 0.443. The molecule has 0 aliphatic rings. The van der Waals surface area contributed by atoms with Crippen molar-refractivity contribution in [2.45, 2.75) is 31.1 Å². The van der Waals surface area contributed by atoms with Gasteiger partial charge in [0.25, 0.3) is 5.69 Å². The fourth-order valence-corrected chi connectivity index (χ4v) is 2.45. The van der Waals surface area contributed by atoms with Crippen LogP contribution in [0.5, 0.6) is 11.5 Å². The van der Waals surface area contributed by atoms with Crippen molar-refractivity contribution in [1.29, 1.82) is 0 Å². The molecule has 0 aliphatic carbocycles. The Morgan fingerprint density at radius 1 is 1.33 bits per heavy atom. The van der Waals surface area contributed by atoms with Crippen LogP contribution < -0.4 is 14.6 Å². The van der Waals surface area contributed by atoms with Crippen LogP contribution in [-0.4, -0.2) is 27.1 Å². The molecule has 9 heteroatoms. The average molecular weight is 318 g/mol. The van der Waals surface area contributed by atoms with Crippen LogP contribution in [0.25, 0.3) is 0 Å².